The standard InChI is InChI=1S/C16H24N4/c1-14-5-11-6-15(2,8-14)10-16(7-11,9-14)20-12-3-4-18-13(17)19-12/h3-4,11H,5-10H2,1-2H3,(H3,17,18,19,20). The van der Waals surface area contributed by atoms with E-state index in [1.165, 1.54) is 38.5 Å². The third-order valence-electron chi connectivity index (χ3n) is 5.69. The summed E-state index contributed by atoms with van der Waals surface area (Å²) in [4.78, 5) is 8.34. The molecule has 0 spiro atoms. The summed E-state index contributed by atoms with van der Waals surface area (Å²) >= 11 is 0. The first kappa shape index (κ1) is 12.4. The summed E-state index contributed by atoms with van der Waals surface area (Å²) in [6.45, 7) is 4.97. The van der Waals surface area contributed by atoms with Crippen LogP contribution in [0.3, 0.4) is 0 Å². The van der Waals surface area contributed by atoms with E-state index in [1.807, 2.05) is 6.07 Å². The SMILES string of the molecule is CC12CC3CC(C)(C1)CC(Nc1ccnc(N)n1)(C3)C2. The molecule has 0 amide bonds. The number of nitrogens with zero attached hydrogens (tertiary/aromatic N) is 2. The van der Waals surface area contributed by atoms with Crippen molar-refractivity contribution in [3.63, 3.8) is 0 Å². The maximum Gasteiger partial charge on any atom is 0.221 e. The third-order valence-corrected chi connectivity index (χ3v) is 5.69. The van der Waals surface area contributed by atoms with Gasteiger partial charge in [-0.1, -0.05) is 13.8 Å². The lowest BCUT2D eigenvalue weighted by atomic mass is 9.43. The van der Waals surface area contributed by atoms with Crippen molar-refractivity contribution in [1.82, 2.24) is 9.97 Å². The summed E-state index contributed by atoms with van der Waals surface area (Å²) in [6.07, 6.45) is 9.81. The molecule has 2 atom stereocenters. The Morgan fingerprint density at radius 1 is 1.15 bits per heavy atom. The minimum absolute atomic E-state index is 0.226. The number of hydrogen-bond acceptors (Lipinski definition) is 4. The number of nitrogens with two attached hydrogens (primary N) is 1. The molecule has 0 saturated heterocycles. The quantitative estimate of drug-likeness (QED) is 0.867. The first-order chi connectivity index (χ1) is 9.38. The van der Waals surface area contributed by atoms with Gasteiger partial charge in [0.05, 0.1) is 0 Å². The molecule has 1 aromatic heterocycles. The summed E-state index contributed by atoms with van der Waals surface area (Å²) in [5.74, 6) is 2.14. The van der Waals surface area contributed by atoms with Crippen molar-refractivity contribution in [3.05, 3.63) is 12.3 Å². The fraction of sp³-hybridized carbons (Fsp3) is 0.750. The predicted molar refractivity (Wildman–Crippen MR) is 80.2 cm³/mol. The largest absolute Gasteiger partial charge is 0.368 e. The predicted octanol–water partition coefficient (Wildman–Crippen LogP) is 3.22. The van der Waals surface area contributed by atoms with Crippen LogP contribution in [0, 0.1) is 16.7 Å². The van der Waals surface area contributed by atoms with Gasteiger partial charge in [0.15, 0.2) is 0 Å². The number of aromatic nitrogens is 2. The molecule has 4 heteroatoms. The van der Waals surface area contributed by atoms with E-state index in [0.717, 1.165) is 11.7 Å². The van der Waals surface area contributed by atoms with E-state index in [-0.39, 0.29) is 5.54 Å². The highest BCUT2D eigenvalue weighted by atomic mass is 15.1. The van der Waals surface area contributed by atoms with Crippen LogP contribution in [0.5, 0.6) is 0 Å². The first-order valence-electron chi connectivity index (χ1n) is 7.75. The summed E-state index contributed by atoms with van der Waals surface area (Å²) in [6, 6.07) is 1.94. The van der Waals surface area contributed by atoms with Crippen molar-refractivity contribution >= 4 is 11.8 Å². The molecule has 5 rings (SSSR count). The highest BCUT2D eigenvalue weighted by Gasteiger charge is 2.60. The Hall–Kier alpha value is -1.32. The van der Waals surface area contributed by atoms with Gasteiger partial charge in [0.2, 0.25) is 5.95 Å². The average molecular weight is 272 g/mol. The normalized spacial score (nSPS) is 45.6. The molecule has 4 fully saturated rings. The molecule has 4 aliphatic rings. The van der Waals surface area contributed by atoms with Crippen LogP contribution in [0.15, 0.2) is 12.3 Å². The van der Waals surface area contributed by atoms with Gasteiger partial charge in [-0.05, 0) is 61.3 Å². The molecule has 4 nitrogen and oxygen atoms in total. The number of rotatable bonds is 2. The maximum absolute atomic E-state index is 5.72. The van der Waals surface area contributed by atoms with E-state index in [2.05, 4.69) is 29.1 Å². The van der Waals surface area contributed by atoms with Crippen LogP contribution in [0.4, 0.5) is 11.8 Å². The van der Waals surface area contributed by atoms with Crippen molar-refractivity contribution in [2.24, 2.45) is 16.7 Å². The van der Waals surface area contributed by atoms with Gasteiger partial charge in [0.25, 0.3) is 0 Å². The summed E-state index contributed by atoms with van der Waals surface area (Å²) < 4.78 is 0. The van der Waals surface area contributed by atoms with E-state index in [1.54, 1.807) is 6.20 Å². The van der Waals surface area contributed by atoms with Crippen LogP contribution in [0.1, 0.15) is 52.4 Å². The van der Waals surface area contributed by atoms with Gasteiger partial charge in [-0.3, -0.25) is 0 Å². The number of hydrogen-bond donors (Lipinski definition) is 2. The molecule has 108 valence electrons. The molecule has 0 radical (unpaired) electrons. The van der Waals surface area contributed by atoms with E-state index >= 15 is 0 Å². The van der Waals surface area contributed by atoms with Crippen molar-refractivity contribution in [1.29, 1.82) is 0 Å². The molecule has 4 bridgehead atoms. The minimum atomic E-state index is 0.226. The lowest BCUT2D eigenvalue weighted by molar-refractivity contribution is -0.0973. The fourth-order valence-corrected chi connectivity index (χ4v) is 6.30. The topological polar surface area (TPSA) is 63.8 Å². The first-order valence-corrected chi connectivity index (χ1v) is 7.75. The molecule has 1 aromatic rings. The molecule has 0 aromatic carbocycles. The van der Waals surface area contributed by atoms with Gasteiger partial charge in [-0.25, -0.2) is 4.98 Å². The molecule has 1 heterocycles. The van der Waals surface area contributed by atoms with E-state index < -0.39 is 0 Å². The van der Waals surface area contributed by atoms with Crippen molar-refractivity contribution in [2.75, 3.05) is 11.1 Å². The molecular formula is C16H24N4. The van der Waals surface area contributed by atoms with Crippen LogP contribution in [-0.4, -0.2) is 15.5 Å². The minimum Gasteiger partial charge on any atom is -0.368 e. The summed E-state index contributed by atoms with van der Waals surface area (Å²) in [5, 5.41) is 3.75. The molecule has 2 unspecified atom stereocenters. The monoisotopic (exact) mass is 272 g/mol. The number of anilines is 2. The van der Waals surface area contributed by atoms with Gasteiger partial charge < -0.3 is 11.1 Å². The second-order valence-electron chi connectivity index (χ2n) is 8.34. The summed E-state index contributed by atoms with van der Waals surface area (Å²) in [5.41, 5.74) is 6.97. The number of nitrogens with one attached hydrogen (secondary N) is 1. The van der Waals surface area contributed by atoms with Crippen molar-refractivity contribution in [2.45, 2.75) is 57.9 Å². The van der Waals surface area contributed by atoms with Crippen LogP contribution in [-0.2, 0) is 0 Å². The Morgan fingerprint density at radius 2 is 1.85 bits per heavy atom. The van der Waals surface area contributed by atoms with Gasteiger partial charge in [-0.2, -0.15) is 4.98 Å². The highest BCUT2D eigenvalue weighted by Crippen LogP contribution is 2.66. The average Bonchev–Trinajstić information content (AvgIpc) is 2.22. The smallest absolute Gasteiger partial charge is 0.221 e. The van der Waals surface area contributed by atoms with Crippen LogP contribution in [0.25, 0.3) is 0 Å². The van der Waals surface area contributed by atoms with Gasteiger partial charge in [0.1, 0.15) is 5.82 Å². The second kappa shape index (κ2) is 3.66. The Balaban J connectivity index is 1.67. The molecule has 20 heavy (non-hydrogen) atoms. The molecule has 4 aliphatic carbocycles. The van der Waals surface area contributed by atoms with Crippen molar-refractivity contribution in [3.8, 4) is 0 Å². The van der Waals surface area contributed by atoms with Crippen LogP contribution in [0.2, 0.25) is 0 Å². The van der Waals surface area contributed by atoms with E-state index in [4.69, 9.17) is 5.73 Å². The lowest BCUT2D eigenvalue weighted by Crippen LogP contribution is -2.61. The zero-order valence-electron chi connectivity index (χ0n) is 12.4. The second-order valence-corrected chi connectivity index (χ2v) is 8.34. The van der Waals surface area contributed by atoms with Gasteiger partial charge in [-0.15, -0.1) is 0 Å². The Morgan fingerprint density at radius 3 is 2.45 bits per heavy atom. The van der Waals surface area contributed by atoms with Crippen LogP contribution >= 0.6 is 0 Å². The Labute approximate surface area is 120 Å². The van der Waals surface area contributed by atoms with Gasteiger partial charge >= 0.3 is 0 Å². The molecule has 3 N–H and O–H groups in total. The van der Waals surface area contributed by atoms with Gasteiger partial charge in [0, 0.05) is 11.7 Å². The lowest BCUT2D eigenvalue weighted by Gasteiger charge is -2.65. The zero-order chi connectivity index (χ0) is 14.0. The Kier molecular flexibility index (Phi) is 2.27. The fourth-order valence-electron chi connectivity index (χ4n) is 6.30. The highest BCUT2D eigenvalue weighted by molar-refractivity contribution is 5.42. The molecule has 0 aliphatic heterocycles. The number of nitrogen functional groups attached to an aromatic ring is 1. The van der Waals surface area contributed by atoms with E-state index in [0.29, 0.717) is 16.8 Å². The van der Waals surface area contributed by atoms with Crippen LogP contribution < -0.4 is 11.1 Å². The molecule has 4 saturated carbocycles. The maximum atomic E-state index is 5.72. The van der Waals surface area contributed by atoms with E-state index in [9.17, 15) is 0 Å². The molecular weight excluding hydrogens is 248 g/mol. The van der Waals surface area contributed by atoms with Crippen molar-refractivity contribution < 1.29 is 0 Å². The Bertz CT molecular complexity index is 537. The third kappa shape index (κ3) is 1.88. The summed E-state index contributed by atoms with van der Waals surface area (Å²) in [7, 11) is 0. The zero-order valence-corrected chi connectivity index (χ0v) is 12.4.